The Morgan fingerprint density at radius 3 is 2.14 bits per heavy atom. The van der Waals surface area contributed by atoms with Gasteiger partial charge in [-0.2, -0.15) is 0 Å². The highest BCUT2D eigenvalue weighted by Crippen LogP contribution is 2.69. The molecule has 5 nitrogen and oxygen atoms in total. The zero-order valence-electron chi connectivity index (χ0n) is 22.7. The fourth-order valence-corrected chi connectivity index (χ4v) is 7.35. The molecule has 1 aliphatic heterocycles. The lowest BCUT2D eigenvalue weighted by atomic mass is 9.50. The molecule has 5 atom stereocenters. The van der Waals surface area contributed by atoms with Crippen LogP contribution < -0.4 is 0 Å². The summed E-state index contributed by atoms with van der Waals surface area (Å²) in [6, 6.07) is 0. The Morgan fingerprint density at radius 2 is 1.63 bits per heavy atom. The van der Waals surface area contributed by atoms with E-state index < -0.39 is 27.9 Å². The van der Waals surface area contributed by atoms with Gasteiger partial charge >= 0.3 is 0 Å². The Bertz CT molecular complexity index is 1040. The van der Waals surface area contributed by atoms with E-state index in [1.165, 1.54) is 0 Å². The summed E-state index contributed by atoms with van der Waals surface area (Å²) in [5.74, 6) is -0.862. The lowest BCUT2D eigenvalue weighted by Gasteiger charge is -2.48. The normalized spacial score (nSPS) is 37.1. The molecule has 1 spiro atoms. The van der Waals surface area contributed by atoms with Crippen molar-refractivity contribution < 1.29 is 24.2 Å². The van der Waals surface area contributed by atoms with Crippen LogP contribution in [0.25, 0.3) is 0 Å². The van der Waals surface area contributed by atoms with Gasteiger partial charge in [-0.05, 0) is 79.6 Å². The van der Waals surface area contributed by atoms with E-state index in [1.54, 1.807) is 13.8 Å². The first-order valence-corrected chi connectivity index (χ1v) is 13.2. The first-order valence-electron chi connectivity index (χ1n) is 13.2. The number of aliphatic hydroxyl groups is 1. The number of allylic oxidation sites excluding steroid dienone is 6. The van der Waals surface area contributed by atoms with Gasteiger partial charge in [-0.15, -0.1) is 0 Å². The van der Waals surface area contributed by atoms with Crippen LogP contribution in [0.1, 0.15) is 93.9 Å². The molecular formula is C30H42O5. The molecule has 192 valence electrons. The highest BCUT2D eigenvalue weighted by atomic mass is 16.5. The fraction of sp³-hybridized carbons (Fsp3) is 0.700. The second-order valence-corrected chi connectivity index (χ2v) is 12.9. The van der Waals surface area contributed by atoms with Gasteiger partial charge in [0.25, 0.3) is 0 Å². The summed E-state index contributed by atoms with van der Waals surface area (Å²) < 4.78 is 6.62. The van der Waals surface area contributed by atoms with E-state index in [9.17, 15) is 19.5 Å². The zero-order valence-corrected chi connectivity index (χ0v) is 22.7. The molecule has 2 bridgehead atoms. The molecule has 2 saturated carbocycles. The maximum atomic E-state index is 14.8. The van der Waals surface area contributed by atoms with Crippen molar-refractivity contribution >= 4 is 17.3 Å². The predicted octanol–water partition coefficient (Wildman–Crippen LogP) is 5.66. The Hall–Kier alpha value is -2.01. The van der Waals surface area contributed by atoms with Crippen LogP contribution in [0.2, 0.25) is 0 Å². The number of fused-ring (bicyclic) bond motifs is 3. The molecule has 4 aliphatic rings. The lowest BCUT2D eigenvalue weighted by Crippen LogP contribution is -2.57. The third-order valence-corrected chi connectivity index (χ3v) is 9.27. The van der Waals surface area contributed by atoms with Crippen molar-refractivity contribution in [1.82, 2.24) is 0 Å². The molecule has 1 saturated heterocycles. The second kappa shape index (κ2) is 8.26. The maximum Gasteiger partial charge on any atom is 0.184 e. The average Bonchev–Trinajstić information content (AvgIpc) is 3.19. The molecule has 0 aromatic carbocycles. The number of rotatable bonds is 6. The van der Waals surface area contributed by atoms with E-state index in [4.69, 9.17) is 4.74 Å². The van der Waals surface area contributed by atoms with Crippen LogP contribution in [0.15, 0.2) is 34.6 Å². The van der Waals surface area contributed by atoms with Gasteiger partial charge in [-0.25, -0.2) is 0 Å². The van der Waals surface area contributed by atoms with Gasteiger partial charge in [0, 0.05) is 18.3 Å². The van der Waals surface area contributed by atoms with Gasteiger partial charge in [0.15, 0.2) is 17.3 Å². The van der Waals surface area contributed by atoms with Crippen molar-refractivity contribution in [3.63, 3.8) is 0 Å². The Balaban J connectivity index is 2.00. The van der Waals surface area contributed by atoms with Gasteiger partial charge in [0.05, 0.1) is 11.0 Å². The monoisotopic (exact) mass is 482 g/mol. The summed E-state index contributed by atoms with van der Waals surface area (Å²) in [6.07, 6.45) is 6.83. The SMILES string of the molecule is CC(C)=CCC1(CC=C(C)C)C(=O)C(C(=O)C(C)C)=C2O[C@]3(C)CC2(C[C@H]2[C@H]3CC[C@]2(C)O)C1=O. The van der Waals surface area contributed by atoms with Gasteiger partial charge < -0.3 is 9.84 Å². The van der Waals surface area contributed by atoms with Crippen molar-refractivity contribution in [2.24, 2.45) is 28.6 Å². The lowest BCUT2D eigenvalue weighted by molar-refractivity contribution is -0.150. The molecule has 5 heteroatoms. The van der Waals surface area contributed by atoms with Gasteiger partial charge in [0.1, 0.15) is 22.3 Å². The van der Waals surface area contributed by atoms with Gasteiger partial charge in [-0.1, -0.05) is 37.1 Å². The quantitative estimate of drug-likeness (QED) is 0.300. The van der Waals surface area contributed by atoms with Crippen LogP contribution in [0.4, 0.5) is 0 Å². The van der Waals surface area contributed by atoms with Crippen LogP contribution in [0.5, 0.6) is 0 Å². The second-order valence-electron chi connectivity index (χ2n) is 12.9. The summed E-state index contributed by atoms with van der Waals surface area (Å²) in [6.45, 7) is 15.3. The minimum Gasteiger partial charge on any atom is -0.490 e. The molecule has 3 fully saturated rings. The molecule has 35 heavy (non-hydrogen) atoms. The molecule has 0 aromatic heterocycles. The zero-order chi connectivity index (χ0) is 26.1. The van der Waals surface area contributed by atoms with E-state index >= 15 is 0 Å². The highest BCUT2D eigenvalue weighted by molar-refractivity contribution is 6.31. The number of hydrogen-bond acceptors (Lipinski definition) is 5. The topological polar surface area (TPSA) is 80.7 Å². The van der Waals surface area contributed by atoms with Crippen molar-refractivity contribution in [2.45, 2.75) is 105 Å². The molecule has 1 unspecified atom stereocenters. The van der Waals surface area contributed by atoms with Crippen molar-refractivity contribution in [3.05, 3.63) is 34.6 Å². The van der Waals surface area contributed by atoms with Crippen LogP contribution in [-0.2, 0) is 19.1 Å². The van der Waals surface area contributed by atoms with E-state index in [1.807, 2.05) is 53.7 Å². The number of carbonyl (C=O) groups excluding carboxylic acids is 3. The number of carbonyl (C=O) groups is 3. The molecule has 1 N–H and O–H groups in total. The number of ketones is 3. The minimum absolute atomic E-state index is 0.0875. The Morgan fingerprint density at radius 1 is 1.06 bits per heavy atom. The highest BCUT2D eigenvalue weighted by Gasteiger charge is 2.74. The summed E-state index contributed by atoms with van der Waals surface area (Å²) in [5, 5.41) is 11.3. The van der Waals surface area contributed by atoms with E-state index in [0.717, 1.165) is 17.6 Å². The van der Waals surface area contributed by atoms with Crippen LogP contribution >= 0.6 is 0 Å². The smallest absolute Gasteiger partial charge is 0.184 e. The summed E-state index contributed by atoms with van der Waals surface area (Å²) >= 11 is 0. The summed E-state index contributed by atoms with van der Waals surface area (Å²) in [4.78, 5) is 42.8. The molecule has 4 rings (SSSR count). The van der Waals surface area contributed by atoms with Crippen LogP contribution in [-0.4, -0.2) is 33.7 Å². The number of ether oxygens (including phenoxy) is 1. The van der Waals surface area contributed by atoms with Crippen molar-refractivity contribution in [3.8, 4) is 0 Å². The predicted molar refractivity (Wildman–Crippen MR) is 135 cm³/mol. The molecule has 1 heterocycles. The Kier molecular flexibility index (Phi) is 6.15. The van der Waals surface area contributed by atoms with E-state index in [2.05, 4.69) is 0 Å². The minimum atomic E-state index is -1.34. The molecule has 0 aromatic rings. The van der Waals surface area contributed by atoms with Crippen LogP contribution in [0, 0.1) is 28.6 Å². The first-order chi connectivity index (χ1) is 16.1. The fourth-order valence-electron chi connectivity index (χ4n) is 7.35. The third kappa shape index (κ3) is 3.72. The van der Waals surface area contributed by atoms with E-state index in [0.29, 0.717) is 25.0 Å². The van der Waals surface area contributed by atoms with Crippen molar-refractivity contribution in [2.75, 3.05) is 0 Å². The number of Topliss-reactive ketones (excluding diaryl/α,β-unsaturated/α-hetero) is 3. The maximum absolute atomic E-state index is 14.8. The summed E-state index contributed by atoms with van der Waals surface area (Å²) in [5.41, 5.74) is -1.81. The van der Waals surface area contributed by atoms with Crippen LogP contribution in [0.3, 0.4) is 0 Å². The molecule has 0 amide bonds. The standard InChI is InChI=1S/C30H42O5/c1-17(2)9-13-29(14-10-18(3)4)24(32)22(23(31)19(5)6)25-30(26(29)33)15-21-20(11-12-27(21,7)34)28(8,16-30)35-25/h9-10,19-21,34H,11-16H2,1-8H3/t20-,21+,27+,28-,30?/m1/s1. The number of hydrogen-bond donors (Lipinski definition) is 1. The average molecular weight is 483 g/mol. The molecular weight excluding hydrogens is 440 g/mol. The van der Waals surface area contributed by atoms with Gasteiger partial charge in [0.2, 0.25) is 0 Å². The summed E-state index contributed by atoms with van der Waals surface area (Å²) in [7, 11) is 0. The molecule has 3 aliphatic carbocycles. The first kappa shape index (κ1) is 26.1. The van der Waals surface area contributed by atoms with Gasteiger partial charge in [-0.3, -0.25) is 14.4 Å². The third-order valence-electron chi connectivity index (χ3n) is 9.27. The largest absolute Gasteiger partial charge is 0.490 e. The Labute approximate surface area is 210 Å². The van der Waals surface area contributed by atoms with E-state index in [-0.39, 0.29) is 47.6 Å². The van der Waals surface area contributed by atoms with Crippen molar-refractivity contribution in [1.29, 1.82) is 0 Å². The molecule has 0 radical (unpaired) electrons.